The van der Waals surface area contributed by atoms with Gasteiger partial charge < -0.3 is 14.6 Å². The fourth-order valence-corrected chi connectivity index (χ4v) is 2.12. The first kappa shape index (κ1) is 17.4. The van der Waals surface area contributed by atoms with E-state index in [1.165, 1.54) is 6.92 Å². The highest BCUT2D eigenvalue weighted by Gasteiger charge is 2.23. The zero-order valence-electron chi connectivity index (χ0n) is 12.5. The van der Waals surface area contributed by atoms with Gasteiger partial charge in [0.2, 0.25) is 0 Å². The maximum atomic E-state index is 10.6. The van der Waals surface area contributed by atoms with Crippen LogP contribution in [0, 0.1) is 5.92 Å². The van der Waals surface area contributed by atoms with Crippen LogP contribution in [0.5, 0.6) is 0 Å². The summed E-state index contributed by atoms with van der Waals surface area (Å²) in [5.41, 5.74) is -0.147. The Balaban J connectivity index is 3.90. The summed E-state index contributed by atoms with van der Waals surface area (Å²) in [6.07, 6.45) is 1.03. The molecule has 0 heterocycles. The van der Waals surface area contributed by atoms with Crippen LogP contribution >= 0.6 is 0 Å². The van der Waals surface area contributed by atoms with Gasteiger partial charge in [-0.05, 0) is 46.5 Å². The summed E-state index contributed by atoms with van der Waals surface area (Å²) in [5, 5.41) is 8.68. The maximum Gasteiger partial charge on any atom is 0.332 e. The summed E-state index contributed by atoms with van der Waals surface area (Å²) in [5.74, 6) is -0.334. The maximum absolute atomic E-state index is 10.6. The summed E-state index contributed by atoms with van der Waals surface area (Å²) in [7, 11) is 0. The van der Waals surface area contributed by atoms with Crippen LogP contribution < -0.4 is 0 Å². The van der Waals surface area contributed by atoms with Gasteiger partial charge in [0.15, 0.2) is 6.10 Å². The van der Waals surface area contributed by atoms with Gasteiger partial charge in [-0.25, -0.2) is 4.79 Å². The molecule has 4 nitrogen and oxygen atoms in total. The van der Waals surface area contributed by atoms with Gasteiger partial charge in [-0.15, -0.1) is 0 Å². The van der Waals surface area contributed by atoms with Crippen molar-refractivity contribution in [1.29, 1.82) is 0 Å². The molecule has 0 aromatic rings. The van der Waals surface area contributed by atoms with Crippen LogP contribution in [0.25, 0.3) is 0 Å². The Hall–Kier alpha value is -0.610. The molecule has 2 unspecified atom stereocenters. The molecule has 0 fully saturated rings. The van der Waals surface area contributed by atoms with Crippen molar-refractivity contribution < 1.29 is 19.4 Å². The van der Waals surface area contributed by atoms with Gasteiger partial charge in [-0.1, -0.05) is 13.8 Å². The fraction of sp³-hybridized carbons (Fsp3) is 0.929. The molecule has 0 rings (SSSR count). The van der Waals surface area contributed by atoms with Crippen LogP contribution in [-0.4, -0.2) is 35.5 Å². The van der Waals surface area contributed by atoms with E-state index in [4.69, 9.17) is 14.6 Å². The summed E-state index contributed by atoms with van der Waals surface area (Å²) < 4.78 is 11.2. The Kier molecular flexibility index (Phi) is 7.48. The van der Waals surface area contributed by atoms with Crippen molar-refractivity contribution in [2.75, 3.05) is 6.61 Å². The van der Waals surface area contributed by atoms with E-state index in [0.717, 1.165) is 6.42 Å². The summed E-state index contributed by atoms with van der Waals surface area (Å²) in [6.45, 7) is 12.5. The molecule has 0 saturated carbocycles. The first-order valence-corrected chi connectivity index (χ1v) is 6.66. The molecule has 0 radical (unpaired) electrons. The average molecular weight is 260 g/mol. The van der Waals surface area contributed by atoms with Gasteiger partial charge in [0, 0.05) is 0 Å². The van der Waals surface area contributed by atoms with E-state index < -0.39 is 12.1 Å². The van der Waals surface area contributed by atoms with Crippen molar-refractivity contribution in [3.8, 4) is 0 Å². The second kappa shape index (κ2) is 7.74. The van der Waals surface area contributed by atoms with E-state index in [-0.39, 0.29) is 11.7 Å². The monoisotopic (exact) mass is 260 g/mol. The van der Waals surface area contributed by atoms with E-state index in [2.05, 4.69) is 27.7 Å². The van der Waals surface area contributed by atoms with E-state index >= 15 is 0 Å². The van der Waals surface area contributed by atoms with E-state index in [1.807, 2.05) is 6.92 Å². The predicted molar refractivity (Wildman–Crippen MR) is 71.7 cm³/mol. The normalized spacial score (nSPS) is 15.7. The van der Waals surface area contributed by atoms with Crippen molar-refractivity contribution in [2.24, 2.45) is 5.92 Å². The number of rotatable bonds is 9. The van der Waals surface area contributed by atoms with Crippen LogP contribution in [0.2, 0.25) is 0 Å². The molecule has 4 heteroatoms. The van der Waals surface area contributed by atoms with Crippen LogP contribution in [0.1, 0.15) is 54.4 Å². The van der Waals surface area contributed by atoms with E-state index in [0.29, 0.717) is 18.9 Å². The Morgan fingerprint density at radius 1 is 1.22 bits per heavy atom. The third-order valence-corrected chi connectivity index (χ3v) is 2.66. The van der Waals surface area contributed by atoms with Crippen molar-refractivity contribution in [1.82, 2.24) is 0 Å². The minimum Gasteiger partial charge on any atom is -0.479 e. The average Bonchev–Trinajstić information content (AvgIpc) is 2.13. The molecule has 0 saturated heterocycles. The molecule has 18 heavy (non-hydrogen) atoms. The Bertz CT molecular complexity index is 248. The third-order valence-electron chi connectivity index (χ3n) is 2.66. The number of hydrogen-bond donors (Lipinski definition) is 1. The summed E-state index contributed by atoms with van der Waals surface area (Å²) >= 11 is 0. The third kappa shape index (κ3) is 8.48. The molecular formula is C14H28O4. The van der Waals surface area contributed by atoms with Gasteiger partial charge in [-0.3, -0.25) is 0 Å². The molecule has 0 aliphatic carbocycles. The number of carboxylic acids is 1. The first-order valence-electron chi connectivity index (χ1n) is 6.66. The molecule has 2 atom stereocenters. The van der Waals surface area contributed by atoms with Gasteiger partial charge in [0.1, 0.15) is 0 Å². The second-order valence-corrected chi connectivity index (χ2v) is 5.93. The van der Waals surface area contributed by atoms with Crippen LogP contribution in [0.15, 0.2) is 0 Å². The van der Waals surface area contributed by atoms with Crippen molar-refractivity contribution in [2.45, 2.75) is 72.2 Å². The van der Waals surface area contributed by atoms with Crippen molar-refractivity contribution in [3.05, 3.63) is 0 Å². The molecule has 0 aromatic carbocycles. The lowest BCUT2D eigenvalue weighted by Crippen LogP contribution is -2.32. The molecule has 1 N–H and O–H groups in total. The SMILES string of the molecule is CC(C)CC(C)(C)OC(C)CCOC(C)C(=O)O. The zero-order valence-corrected chi connectivity index (χ0v) is 12.5. The van der Waals surface area contributed by atoms with Crippen molar-refractivity contribution in [3.63, 3.8) is 0 Å². The van der Waals surface area contributed by atoms with Crippen LogP contribution in [0.4, 0.5) is 0 Å². The minimum atomic E-state index is -0.927. The lowest BCUT2D eigenvalue weighted by Gasteiger charge is -2.31. The number of carboxylic acid groups (broad SMARTS) is 1. The summed E-state index contributed by atoms with van der Waals surface area (Å²) in [6, 6.07) is 0. The predicted octanol–water partition coefficient (Wildman–Crippen LogP) is 3.10. The lowest BCUT2D eigenvalue weighted by molar-refractivity contribution is -0.150. The lowest BCUT2D eigenvalue weighted by atomic mass is 9.96. The van der Waals surface area contributed by atoms with Crippen molar-refractivity contribution >= 4 is 5.97 Å². The molecule has 108 valence electrons. The van der Waals surface area contributed by atoms with Gasteiger partial charge in [-0.2, -0.15) is 0 Å². The minimum absolute atomic E-state index is 0.0692. The molecule has 0 amide bonds. The molecule has 0 spiro atoms. The Morgan fingerprint density at radius 2 is 1.78 bits per heavy atom. The quantitative estimate of drug-likeness (QED) is 0.692. The van der Waals surface area contributed by atoms with Crippen LogP contribution in [-0.2, 0) is 14.3 Å². The smallest absolute Gasteiger partial charge is 0.332 e. The molecule has 0 bridgehead atoms. The highest BCUT2D eigenvalue weighted by Crippen LogP contribution is 2.22. The highest BCUT2D eigenvalue weighted by molar-refractivity contribution is 5.71. The summed E-state index contributed by atoms with van der Waals surface area (Å²) in [4.78, 5) is 10.6. The first-order chi connectivity index (χ1) is 8.14. The van der Waals surface area contributed by atoms with Crippen LogP contribution in [0.3, 0.4) is 0 Å². The van der Waals surface area contributed by atoms with Gasteiger partial charge in [0.05, 0.1) is 18.3 Å². The molecule has 0 aliphatic rings. The number of carbonyl (C=O) groups is 1. The zero-order chi connectivity index (χ0) is 14.3. The number of hydrogen-bond acceptors (Lipinski definition) is 3. The second-order valence-electron chi connectivity index (χ2n) is 5.93. The van der Waals surface area contributed by atoms with Gasteiger partial charge >= 0.3 is 5.97 Å². The Labute approximate surface area is 111 Å². The molecular weight excluding hydrogens is 232 g/mol. The number of aliphatic carboxylic acids is 1. The topological polar surface area (TPSA) is 55.8 Å². The van der Waals surface area contributed by atoms with E-state index in [1.54, 1.807) is 0 Å². The highest BCUT2D eigenvalue weighted by atomic mass is 16.5. The fourth-order valence-electron chi connectivity index (χ4n) is 2.12. The van der Waals surface area contributed by atoms with E-state index in [9.17, 15) is 4.79 Å². The number of ether oxygens (including phenoxy) is 2. The largest absolute Gasteiger partial charge is 0.479 e. The Morgan fingerprint density at radius 3 is 2.22 bits per heavy atom. The molecule has 0 aromatic heterocycles. The van der Waals surface area contributed by atoms with Gasteiger partial charge in [0.25, 0.3) is 0 Å². The molecule has 0 aliphatic heterocycles. The standard InChI is InChI=1S/C14H28O4/c1-10(2)9-14(5,6)18-11(3)7-8-17-12(4)13(15)16/h10-12H,7-9H2,1-6H3,(H,15,16).